The van der Waals surface area contributed by atoms with Crippen LogP contribution in [0.4, 0.5) is 5.13 Å². The number of thiazole rings is 1. The third kappa shape index (κ3) is 2.61. The molecule has 1 saturated heterocycles. The number of hydrogen-bond donors (Lipinski definition) is 1. The summed E-state index contributed by atoms with van der Waals surface area (Å²) in [4.78, 5) is 29.7. The molecule has 2 aromatic rings. The summed E-state index contributed by atoms with van der Waals surface area (Å²) in [6.45, 7) is 0. The summed E-state index contributed by atoms with van der Waals surface area (Å²) in [5.74, 6) is 0.0578. The second-order valence-corrected chi connectivity index (χ2v) is 9.13. The van der Waals surface area contributed by atoms with E-state index in [1.807, 2.05) is 29.6 Å². The number of carbonyl (C=O) groups excluding carboxylic acids is 2. The Kier molecular flexibility index (Phi) is 4.01. The van der Waals surface area contributed by atoms with E-state index < -0.39 is 0 Å². The highest BCUT2D eigenvalue weighted by Gasteiger charge is 2.67. The van der Waals surface area contributed by atoms with Crippen molar-refractivity contribution in [1.29, 1.82) is 0 Å². The van der Waals surface area contributed by atoms with Crippen LogP contribution < -0.4 is 10.1 Å². The molecular formula is C19H17BrN2O4S. The average Bonchev–Trinajstić information content (AvgIpc) is 3.40. The van der Waals surface area contributed by atoms with Crippen LogP contribution in [0.5, 0.6) is 5.75 Å². The highest BCUT2D eigenvalue weighted by Crippen LogP contribution is 2.60. The van der Waals surface area contributed by atoms with Crippen LogP contribution in [0.3, 0.4) is 0 Å². The fourth-order valence-corrected chi connectivity index (χ4v) is 6.51. The Bertz CT molecular complexity index is 915. The number of carbonyl (C=O) groups is 2. The van der Waals surface area contributed by atoms with E-state index in [0.29, 0.717) is 5.13 Å². The fourth-order valence-electron chi connectivity index (χ4n) is 4.74. The summed E-state index contributed by atoms with van der Waals surface area (Å²) < 4.78 is 10.6. The van der Waals surface area contributed by atoms with E-state index in [0.717, 1.165) is 23.4 Å². The molecule has 5 rings (SSSR count). The zero-order valence-electron chi connectivity index (χ0n) is 14.4. The Morgan fingerprint density at radius 3 is 2.85 bits per heavy atom. The first-order chi connectivity index (χ1) is 13.1. The van der Waals surface area contributed by atoms with Crippen LogP contribution in [0.25, 0.3) is 11.3 Å². The van der Waals surface area contributed by atoms with Gasteiger partial charge in [-0.3, -0.25) is 9.59 Å². The summed E-state index contributed by atoms with van der Waals surface area (Å²) in [5.41, 5.74) is 1.75. The Labute approximate surface area is 168 Å². The molecule has 0 unspecified atom stereocenters. The summed E-state index contributed by atoms with van der Waals surface area (Å²) in [7, 11) is 1.63. The van der Waals surface area contributed by atoms with Crippen molar-refractivity contribution in [2.24, 2.45) is 23.7 Å². The largest absolute Gasteiger partial charge is 0.497 e. The predicted octanol–water partition coefficient (Wildman–Crippen LogP) is 3.33. The molecule has 6 atom stereocenters. The normalized spacial score (nSPS) is 33.2. The zero-order chi connectivity index (χ0) is 18.7. The van der Waals surface area contributed by atoms with E-state index in [2.05, 4.69) is 26.2 Å². The first-order valence-electron chi connectivity index (χ1n) is 8.82. The molecular weight excluding hydrogens is 432 g/mol. The van der Waals surface area contributed by atoms with Gasteiger partial charge in [-0.2, -0.15) is 0 Å². The SMILES string of the molecule is COc1ccc(-c2csc(NC(=O)[C@@H]3[C@H]4C[C@H]5[C@H](OC(=O)[C@@H]53)[C@H]4Br)n2)cc1. The Morgan fingerprint density at radius 2 is 2.11 bits per heavy atom. The van der Waals surface area contributed by atoms with E-state index >= 15 is 0 Å². The van der Waals surface area contributed by atoms with Crippen molar-refractivity contribution in [1.82, 2.24) is 4.98 Å². The molecule has 3 aliphatic rings. The molecule has 2 heterocycles. The molecule has 1 amide bonds. The van der Waals surface area contributed by atoms with E-state index in [-0.39, 0.29) is 46.5 Å². The Hall–Kier alpha value is -1.93. The van der Waals surface area contributed by atoms with Crippen molar-refractivity contribution >= 4 is 44.3 Å². The lowest BCUT2D eigenvalue weighted by atomic mass is 9.79. The van der Waals surface area contributed by atoms with E-state index in [4.69, 9.17) is 9.47 Å². The standard InChI is InChI=1S/C19H17BrN2O4S/c1-25-9-4-2-8(3-5-9)12-7-27-19(21-12)22-17(23)13-10-6-11-14(13)18(24)26-16(11)15(10)20/h2-5,7,10-11,13-16H,6H2,1H3,(H,21,22,23)/t10-,11-,13-,14+,15+,16+/m1/s1. The number of esters is 1. The van der Waals surface area contributed by atoms with Crippen molar-refractivity contribution in [2.75, 3.05) is 12.4 Å². The maximum Gasteiger partial charge on any atom is 0.310 e. The lowest BCUT2D eigenvalue weighted by molar-refractivity contribution is -0.145. The van der Waals surface area contributed by atoms with Gasteiger partial charge in [0.2, 0.25) is 5.91 Å². The van der Waals surface area contributed by atoms with E-state index in [1.165, 1.54) is 11.3 Å². The molecule has 2 saturated carbocycles. The quantitative estimate of drug-likeness (QED) is 0.573. The number of ether oxygens (including phenoxy) is 2. The first-order valence-corrected chi connectivity index (χ1v) is 10.6. The van der Waals surface area contributed by atoms with E-state index in [1.54, 1.807) is 7.11 Å². The number of anilines is 1. The molecule has 0 spiro atoms. The van der Waals surface area contributed by atoms with Gasteiger partial charge in [0.1, 0.15) is 11.9 Å². The molecule has 1 aromatic carbocycles. The number of rotatable bonds is 4. The second kappa shape index (κ2) is 6.31. The maximum absolute atomic E-state index is 12.9. The first kappa shape index (κ1) is 17.2. The van der Waals surface area contributed by atoms with Crippen LogP contribution in [0, 0.1) is 23.7 Å². The molecule has 0 radical (unpaired) electrons. The molecule has 3 fully saturated rings. The molecule has 2 bridgehead atoms. The van der Waals surface area contributed by atoms with Gasteiger partial charge >= 0.3 is 5.97 Å². The number of aromatic nitrogens is 1. The minimum absolute atomic E-state index is 0.0621. The Balaban J connectivity index is 1.33. The zero-order valence-corrected chi connectivity index (χ0v) is 16.8. The van der Waals surface area contributed by atoms with Crippen molar-refractivity contribution in [3.8, 4) is 17.0 Å². The molecule has 1 aromatic heterocycles. The minimum atomic E-state index is -0.348. The third-order valence-corrected chi connectivity index (χ3v) is 7.90. The van der Waals surface area contributed by atoms with Crippen LogP contribution in [-0.4, -0.2) is 34.9 Å². The van der Waals surface area contributed by atoms with Crippen LogP contribution in [0.15, 0.2) is 29.6 Å². The van der Waals surface area contributed by atoms with Crippen LogP contribution in [0.2, 0.25) is 0 Å². The fraction of sp³-hybridized carbons (Fsp3) is 0.421. The van der Waals surface area contributed by atoms with Crippen LogP contribution in [0.1, 0.15) is 6.42 Å². The van der Waals surface area contributed by atoms with Gasteiger partial charge in [-0.15, -0.1) is 11.3 Å². The molecule has 6 nitrogen and oxygen atoms in total. The maximum atomic E-state index is 12.9. The number of methoxy groups -OCH3 is 1. The summed E-state index contributed by atoms with van der Waals surface area (Å²) in [6.07, 6.45) is 0.794. The van der Waals surface area contributed by atoms with Gasteiger partial charge in [0.15, 0.2) is 5.13 Å². The lowest BCUT2D eigenvalue weighted by Crippen LogP contribution is -2.40. The monoisotopic (exact) mass is 448 g/mol. The van der Waals surface area contributed by atoms with Gasteiger partial charge < -0.3 is 14.8 Å². The number of nitrogens with one attached hydrogen (secondary N) is 1. The number of hydrogen-bond acceptors (Lipinski definition) is 6. The number of halogens is 1. The Morgan fingerprint density at radius 1 is 1.33 bits per heavy atom. The highest BCUT2D eigenvalue weighted by atomic mass is 79.9. The number of alkyl halides is 1. The number of benzene rings is 1. The molecule has 1 aliphatic heterocycles. The van der Waals surface area contributed by atoms with Gasteiger partial charge in [0.05, 0.1) is 29.5 Å². The molecule has 27 heavy (non-hydrogen) atoms. The average molecular weight is 449 g/mol. The van der Waals surface area contributed by atoms with Crippen LogP contribution in [-0.2, 0) is 14.3 Å². The molecule has 1 N–H and O–H groups in total. The van der Waals surface area contributed by atoms with Gasteiger partial charge in [0.25, 0.3) is 0 Å². The molecule has 8 heteroatoms. The smallest absolute Gasteiger partial charge is 0.310 e. The van der Waals surface area contributed by atoms with Crippen molar-refractivity contribution < 1.29 is 19.1 Å². The van der Waals surface area contributed by atoms with Crippen LogP contribution >= 0.6 is 27.3 Å². The van der Waals surface area contributed by atoms with Gasteiger partial charge in [-0.25, -0.2) is 4.98 Å². The lowest BCUT2D eigenvalue weighted by Gasteiger charge is -2.27. The van der Waals surface area contributed by atoms with Gasteiger partial charge in [-0.05, 0) is 36.6 Å². The second-order valence-electron chi connectivity index (χ2n) is 7.22. The molecule has 140 valence electrons. The third-order valence-electron chi connectivity index (χ3n) is 5.95. The minimum Gasteiger partial charge on any atom is -0.497 e. The number of fused-ring (bicyclic) bond motifs is 1. The number of amides is 1. The van der Waals surface area contributed by atoms with Crippen molar-refractivity contribution in [3.05, 3.63) is 29.6 Å². The highest BCUT2D eigenvalue weighted by molar-refractivity contribution is 9.09. The van der Waals surface area contributed by atoms with Gasteiger partial charge in [-0.1, -0.05) is 15.9 Å². The van der Waals surface area contributed by atoms with Gasteiger partial charge in [0, 0.05) is 16.9 Å². The van der Waals surface area contributed by atoms with Crippen molar-refractivity contribution in [2.45, 2.75) is 17.4 Å². The summed E-state index contributed by atoms with van der Waals surface area (Å²) >= 11 is 5.02. The number of nitrogens with zero attached hydrogens (tertiary/aromatic N) is 1. The van der Waals surface area contributed by atoms with Crippen molar-refractivity contribution in [3.63, 3.8) is 0 Å². The topological polar surface area (TPSA) is 77.5 Å². The predicted molar refractivity (Wildman–Crippen MR) is 104 cm³/mol. The summed E-state index contributed by atoms with van der Waals surface area (Å²) in [6, 6.07) is 7.61. The van der Waals surface area contributed by atoms with E-state index in [9.17, 15) is 9.59 Å². The molecule has 2 aliphatic carbocycles. The summed E-state index contributed by atoms with van der Waals surface area (Å²) in [5, 5.41) is 5.37.